The summed E-state index contributed by atoms with van der Waals surface area (Å²) in [7, 11) is 0. The van der Waals surface area contributed by atoms with E-state index in [1.807, 2.05) is 12.1 Å². The van der Waals surface area contributed by atoms with Gasteiger partial charge >= 0.3 is 12.0 Å². The van der Waals surface area contributed by atoms with Crippen LogP contribution in [0.1, 0.15) is 32.3 Å². The van der Waals surface area contributed by atoms with Gasteiger partial charge in [0.1, 0.15) is 0 Å². The second-order valence-corrected chi connectivity index (χ2v) is 5.16. The van der Waals surface area contributed by atoms with Gasteiger partial charge in [-0.3, -0.25) is 0 Å². The molecule has 6 heteroatoms. The molecule has 20 heavy (non-hydrogen) atoms. The minimum absolute atomic E-state index is 0.377. The Labute approximate surface area is 117 Å². The van der Waals surface area contributed by atoms with Crippen molar-refractivity contribution >= 4 is 17.7 Å². The molecule has 0 spiro atoms. The molecule has 0 saturated heterocycles. The van der Waals surface area contributed by atoms with E-state index in [0.717, 1.165) is 12.5 Å². The maximum absolute atomic E-state index is 11.6. The van der Waals surface area contributed by atoms with E-state index in [2.05, 4.69) is 24.5 Å². The molecule has 0 aliphatic rings. The molecule has 0 heterocycles. The molecule has 1 rings (SSSR count). The zero-order valence-corrected chi connectivity index (χ0v) is 11.8. The smallest absolute Gasteiger partial charge is 0.337 e. The highest BCUT2D eigenvalue weighted by Gasteiger charge is 2.30. The summed E-state index contributed by atoms with van der Waals surface area (Å²) in [6.45, 7) is 4.89. The summed E-state index contributed by atoms with van der Waals surface area (Å²) >= 11 is 0. The first kappa shape index (κ1) is 16.0. The van der Waals surface area contributed by atoms with E-state index in [-0.39, 0.29) is 6.54 Å². The van der Waals surface area contributed by atoms with Crippen LogP contribution in [0.4, 0.5) is 10.5 Å². The van der Waals surface area contributed by atoms with Gasteiger partial charge in [-0.2, -0.15) is 0 Å². The number of amides is 2. The van der Waals surface area contributed by atoms with Gasteiger partial charge in [0.05, 0.1) is 6.54 Å². The Hall–Kier alpha value is -2.08. The zero-order chi connectivity index (χ0) is 15.3. The molecule has 4 N–H and O–H groups in total. The largest absolute Gasteiger partial charge is 0.479 e. The lowest BCUT2D eigenvalue weighted by Crippen LogP contribution is -2.47. The number of hydrogen-bond donors (Lipinski definition) is 4. The zero-order valence-electron chi connectivity index (χ0n) is 11.8. The quantitative estimate of drug-likeness (QED) is 0.660. The number of carboxylic acid groups (broad SMARTS) is 1. The second kappa shape index (κ2) is 6.38. The van der Waals surface area contributed by atoms with Crippen molar-refractivity contribution in [2.75, 3.05) is 11.9 Å². The molecular weight excluding hydrogens is 260 g/mol. The van der Waals surface area contributed by atoms with Gasteiger partial charge in [-0.05, 0) is 30.5 Å². The Morgan fingerprint density at radius 2 is 1.80 bits per heavy atom. The van der Waals surface area contributed by atoms with E-state index in [9.17, 15) is 14.7 Å². The van der Waals surface area contributed by atoms with E-state index in [1.165, 1.54) is 0 Å². The van der Waals surface area contributed by atoms with Crippen LogP contribution in [-0.4, -0.2) is 34.4 Å². The van der Waals surface area contributed by atoms with Gasteiger partial charge in [-0.25, -0.2) is 9.59 Å². The number of hydrogen-bond acceptors (Lipinski definition) is 3. The predicted octanol–water partition coefficient (Wildman–Crippen LogP) is 1.77. The first-order valence-electron chi connectivity index (χ1n) is 6.33. The second-order valence-electron chi connectivity index (χ2n) is 5.16. The van der Waals surface area contributed by atoms with Crippen LogP contribution in [0.5, 0.6) is 0 Å². The minimum atomic E-state index is -1.99. The van der Waals surface area contributed by atoms with Crippen molar-refractivity contribution in [2.45, 2.75) is 32.3 Å². The highest BCUT2D eigenvalue weighted by molar-refractivity contribution is 5.89. The monoisotopic (exact) mass is 280 g/mol. The number of carbonyl (C=O) groups excluding carboxylic acids is 1. The number of rotatable bonds is 5. The molecule has 1 aromatic rings. The third kappa shape index (κ3) is 4.55. The van der Waals surface area contributed by atoms with Gasteiger partial charge < -0.3 is 20.8 Å². The fraction of sp³-hybridized carbons (Fsp3) is 0.429. The molecule has 0 fully saturated rings. The van der Waals surface area contributed by atoms with Gasteiger partial charge in [-0.15, -0.1) is 0 Å². The fourth-order valence-corrected chi connectivity index (χ4v) is 1.45. The lowest BCUT2D eigenvalue weighted by molar-refractivity contribution is -0.155. The lowest BCUT2D eigenvalue weighted by atomic mass is 10.0. The third-order valence-electron chi connectivity index (χ3n) is 2.89. The van der Waals surface area contributed by atoms with Gasteiger partial charge in [0.25, 0.3) is 0 Å². The Balaban J connectivity index is 2.52. The molecule has 1 atom stereocenters. The molecule has 0 aliphatic heterocycles. The van der Waals surface area contributed by atoms with Crippen molar-refractivity contribution in [3.63, 3.8) is 0 Å². The van der Waals surface area contributed by atoms with Crippen molar-refractivity contribution in [1.82, 2.24) is 5.32 Å². The Kier molecular flexibility index (Phi) is 5.10. The molecule has 1 unspecified atom stereocenters. The maximum atomic E-state index is 11.6. The first-order valence-corrected chi connectivity index (χ1v) is 6.33. The summed E-state index contributed by atoms with van der Waals surface area (Å²) < 4.78 is 0. The van der Waals surface area contributed by atoms with Crippen molar-refractivity contribution in [3.05, 3.63) is 29.8 Å². The summed E-state index contributed by atoms with van der Waals surface area (Å²) in [6.07, 6.45) is 0. The van der Waals surface area contributed by atoms with E-state index >= 15 is 0 Å². The molecule has 110 valence electrons. The van der Waals surface area contributed by atoms with Crippen molar-refractivity contribution in [3.8, 4) is 0 Å². The van der Waals surface area contributed by atoms with Gasteiger partial charge in [0, 0.05) is 5.69 Å². The fourth-order valence-electron chi connectivity index (χ4n) is 1.45. The van der Waals surface area contributed by atoms with Crippen LogP contribution in [0.2, 0.25) is 0 Å². The van der Waals surface area contributed by atoms with Gasteiger partial charge in [-0.1, -0.05) is 26.0 Å². The average molecular weight is 280 g/mol. The van der Waals surface area contributed by atoms with Gasteiger partial charge in [0.15, 0.2) is 5.60 Å². The number of anilines is 1. The van der Waals surface area contributed by atoms with E-state index < -0.39 is 17.6 Å². The number of aliphatic hydroxyl groups is 1. The van der Waals surface area contributed by atoms with Gasteiger partial charge in [0.2, 0.25) is 0 Å². The predicted molar refractivity (Wildman–Crippen MR) is 75.8 cm³/mol. The summed E-state index contributed by atoms with van der Waals surface area (Å²) in [6, 6.07) is 6.79. The van der Waals surface area contributed by atoms with Crippen LogP contribution in [0.3, 0.4) is 0 Å². The van der Waals surface area contributed by atoms with Crippen LogP contribution >= 0.6 is 0 Å². The normalized spacial score (nSPS) is 13.7. The third-order valence-corrected chi connectivity index (χ3v) is 2.89. The van der Waals surface area contributed by atoms with Crippen LogP contribution < -0.4 is 10.6 Å². The molecule has 0 saturated carbocycles. The number of urea groups is 1. The summed E-state index contributed by atoms with van der Waals surface area (Å²) in [5.74, 6) is -0.984. The number of aliphatic carboxylic acids is 1. The molecule has 0 radical (unpaired) electrons. The Morgan fingerprint density at radius 1 is 1.25 bits per heavy atom. The topological polar surface area (TPSA) is 98.7 Å². The highest BCUT2D eigenvalue weighted by atomic mass is 16.4. The highest BCUT2D eigenvalue weighted by Crippen LogP contribution is 2.16. The molecule has 0 aliphatic carbocycles. The number of nitrogens with one attached hydrogen (secondary N) is 2. The van der Waals surface area contributed by atoms with Crippen LogP contribution in [0.25, 0.3) is 0 Å². The van der Waals surface area contributed by atoms with Crippen molar-refractivity contribution in [2.24, 2.45) is 0 Å². The van der Waals surface area contributed by atoms with E-state index in [1.54, 1.807) is 12.1 Å². The molecule has 6 nitrogen and oxygen atoms in total. The molecule has 2 amide bonds. The van der Waals surface area contributed by atoms with Crippen LogP contribution in [0.15, 0.2) is 24.3 Å². The van der Waals surface area contributed by atoms with Crippen LogP contribution in [0, 0.1) is 0 Å². The summed E-state index contributed by atoms with van der Waals surface area (Å²) in [5, 5.41) is 23.0. The molecular formula is C14H20N2O4. The van der Waals surface area contributed by atoms with Crippen molar-refractivity contribution in [1.29, 1.82) is 0 Å². The number of carboxylic acids is 1. The number of benzene rings is 1. The maximum Gasteiger partial charge on any atom is 0.337 e. The molecule has 1 aromatic carbocycles. The van der Waals surface area contributed by atoms with Crippen LogP contribution in [-0.2, 0) is 4.79 Å². The number of carbonyl (C=O) groups is 2. The Bertz CT molecular complexity index is 480. The Morgan fingerprint density at radius 3 is 2.25 bits per heavy atom. The minimum Gasteiger partial charge on any atom is -0.479 e. The van der Waals surface area contributed by atoms with E-state index in [4.69, 9.17) is 5.11 Å². The molecule has 0 bridgehead atoms. The molecule has 0 aromatic heterocycles. The average Bonchev–Trinajstić information content (AvgIpc) is 2.37. The summed E-state index contributed by atoms with van der Waals surface area (Å²) in [5.41, 5.74) is -0.231. The van der Waals surface area contributed by atoms with Crippen molar-refractivity contribution < 1.29 is 19.8 Å². The standard InChI is InChI=1S/C14H20N2O4/c1-9(2)10-4-6-11(7-5-10)16-13(19)15-8-14(3,20)12(17)18/h4-7,9,20H,8H2,1-3H3,(H,17,18)(H2,15,16,19). The SMILES string of the molecule is CC(C)c1ccc(NC(=O)NCC(C)(O)C(=O)O)cc1. The summed E-state index contributed by atoms with van der Waals surface area (Å²) in [4.78, 5) is 22.2. The lowest BCUT2D eigenvalue weighted by Gasteiger charge is -2.18. The first-order chi connectivity index (χ1) is 9.22. The van der Waals surface area contributed by atoms with E-state index in [0.29, 0.717) is 11.6 Å².